The maximum Gasteiger partial charge on any atom is 0.224 e. The number of nitrogens with zero attached hydrogens (tertiary/aromatic N) is 7. The molecule has 2 aromatic carbocycles. The van der Waals surface area contributed by atoms with Gasteiger partial charge in [0.1, 0.15) is 34.4 Å². The van der Waals surface area contributed by atoms with Crippen molar-refractivity contribution in [1.29, 1.82) is 0 Å². The Kier molecular flexibility index (Phi) is 12.4. The van der Waals surface area contributed by atoms with E-state index < -0.39 is 5.60 Å². The summed E-state index contributed by atoms with van der Waals surface area (Å²) in [5.41, 5.74) is 10.00. The molecule has 0 saturated carbocycles. The average molecular weight is 722 g/mol. The van der Waals surface area contributed by atoms with Gasteiger partial charge in [0.25, 0.3) is 0 Å². The SMILES string of the molecule is CC(C)(C)ON=O.COc1cc(OC)cc(-c2cc3c(N)nc(Cl)nc3cn2)c1.COc1cc(OC)cc(-c2cc3cnc(Cl)nc3cn2)c1. The van der Waals surface area contributed by atoms with Crippen molar-refractivity contribution in [2.45, 2.75) is 26.4 Å². The molecule has 0 amide bonds. The van der Waals surface area contributed by atoms with Crippen LogP contribution in [0, 0.1) is 4.91 Å². The summed E-state index contributed by atoms with van der Waals surface area (Å²) in [7, 11) is 6.42. The van der Waals surface area contributed by atoms with Crippen LogP contribution < -0.4 is 24.7 Å². The van der Waals surface area contributed by atoms with Crippen LogP contribution in [-0.4, -0.2) is 63.9 Å². The van der Waals surface area contributed by atoms with Gasteiger partial charge in [-0.25, -0.2) is 19.9 Å². The Labute approximate surface area is 297 Å². The Hall–Kier alpha value is -5.60. The highest BCUT2D eigenvalue weighted by Gasteiger charge is 2.11. The number of rotatable bonds is 7. The first-order chi connectivity index (χ1) is 23.9. The highest BCUT2D eigenvalue weighted by atomic mass is 35.5. The summed E-state index contributed by atoms with van der Waals surface area (Å²) in [5.74, 6) is 3.08. The van der Waals surface area contributed by atoms with Crippen molar-refractivity contribution in [2.24, 2.45) is 5.34 Å². The van der Waals surface area contributed by atoms with Gasteiger partial charge in [-0.15, -0.1) is 4.91 Å². The van der Waals surface area contributed by atoms with E-state index in [1.54, 1.807) is 73.9 Å². The summed E-state index contributed by atoms with van der Waals surface area (Å²) in [5, 5.41) is 4.12. The van der Waals surface area contributed by atoms with Crippen LogP contribution in [-0.2, 0) is 4.84 Å². The molecular formula is C34H34Cl2N8O6. The fourth-order valence-corrected chi connectivity index (χ4v) is 4.60. The quantitative estimate of drug-likeness (QED) is 0.0960. The number of halogens is 2. The van der Waals surface area contributed by atoms with E-state index in [-0.39, 0.29) is 10.6 Å². The molecule has 0 aliphatic rings. The number of benzene rings is 2. The lowest BCUT2D eigenvalue weighted by Gasteiger charge is -2.11. The third kappa shape index (κ3) is 9.96. The highest BCUT2D eigenvalue weighted by molar-refractivity contribution is 6.29. The molecule has 0 atom stereocenters. The first kappa shape index (κ1) is 37.2. The Morgan fingerprint density at radius 2 is 1.10 bits per heavy atom. The number of hydrogen-bond acceptors (Lipinski definition) is 14. The Bertz CT molecular complexity index is 2070. The highest BCUT2D eigenvalue weighted by Crippen LogP contribution is 2.32. The predicted octanol–water partition coefficient (Wildman–Crippen LogP) is 7.79. The largest absolute Gasteiger partial charge is 0.497 e. The molecule has 0 radical (unpaired) electrons. The van der Waals surface area contributed by atoms with E-state index in [1.807, 2.05) is 42.5 Å². The molecule has 0 fully saturated rings. The second kappa shape index (κ2) is 16.7. The summed E-state index contributed by atoms with van der Waals surface area (Å²) >= 11 is 11.6. The zero-order chi connectivity index (χ0) is 36.4. The number of methoxy groups -OCH3 is 4. The second-order valence-electron chi connectivity index (χ2n) is 11.2. The van der Waals surface area contributed by atoms with Gasteiger partial charge < -0.3 is 29.5 Å². The van der Waals surface area contributed by atoms with Crippen LogP contribution in [0.25, 0.3) is 44.3 Å². The molecule has 0 unspecified atom stereocenters. The lowest BCUT2D eigenvalue weighted by atomic mass is 10.1. The van der Waals surface area contributed by atoms with Gasteiger partial charge in [0.15, 0.2) is 5.34 Å². The van der Waals surface area contributed by atoms with Crippen molar-refractivity contribution in [3.8, 4) is 45.5 Å². The number of aromatic nitrogens is 6. The van der Waals surface area contributed by atoms with Crippen LogP contribution in [0.4, 0.5) is 5.82 Å². The average Bonchev–Trinajstić information content (AvgIpc) is 3.10. The molecule has 0 aliphatic carbocycles. The number of ether oxygens (including phenoxy) is 4. The first-order valence-electron chi connectivity index (χ1n) is 14.7. The van der Waals surface area contributed by atoms with E-state index in [2.05, 4.69) is 40.1 Å². The van der Waals surface area contributed by atoms with E-state index in [1.165, 1.54) is 0 Å². The maximum absolute atomic E-state index is 9.35. The van der Waals surface area contributed by atoms with Crippen LogP contribution >= 0.6 is 23.2 Å². The molecule has 260 valence electrons. The third-order valence-corrected chi connectivity index (χ3v) is 6.98. The lowest BCUT2D eigenvalue weighted by Crippen LogP contribution is -2.14. The smallest absolute Gasteiger partial charge is 0.224 e. The van der Waals surface area contributed by atoms with Gasteiger partial charge in [-0.05, 0) is 80.4 Å². The molecule has 0 saturated heterocycles. The molecule has 0 bridgehead atoms. The maximum atomic E-state index is 9.35. The zero-order valence-electron chi connectivity index (χ0n) is 28.3. The zero-order valence-corrected chi connectivity index (χ0v) is 29.8. The van der Waals surface area contributed by atoms with Gasteiger partial charge in [0.2, 0.25) is 10.6 Å². The molecule has 6 aromatic rings. The number of anilines is 1. The summed E-state index contributed by atoms with van der Waals surface area (Å²) in [4.78, 5) is 38.6. The number of fused-ring (bicyclic) bond motifs is 2. The lowest BCUT2D eigenvalue weighted by molar-refractivity contribution is -0.00230. The Morgan fingerprint density at radius 1 is 0.620 bits per heavy atom. The fourth-order valence-electron chi connectivity index (χ4n) is 4.28. The van der Waals surface area contributed by atoms with Gasteiger partial charge in [-0.2, -0.15) is 0 Å². The van der Waals surface area contributed by atoms with Gasteiger partial charge in [0.05, 0.1) is 63.3 Å². The van der Waals surface area contributed by atoms with Crippen molar-refractivity contribution in [1.82, 2.24) is 29.9 Å². The Morgan fingerprint density at radius 3 is 1.56 bits per heavy atom. The van der Waals surface area contributed by atoms with Crippen LogP contribution in [0.1, 0.15) is 20.8 Å². The van der Waals surface area contributed by atoms with Crippen molar-refractivity contribution in [2.75, 3.05) is 34.2 Å². The summed E-state index contributed by atoms with van der Waals surface area (Å²) < 4.78 is 21.1. The normalized spacial score (nSPS) is 10.7. The van der Waals surface area contributed by atoms with Crippen LogP contribution in [0.2, 0.25) is 10.6 Å². The summed E-state index contributed by atoms with van der Waals surface area (Å²) in [6.45, 7) is 5.28. The van der Waals surface area contributed by atoms with E-state index in [0.717, 1.165) is 22.2 Å². The molecule has 4 heterocycles. The molecular weight excluding hydrogens is 687 g/mol. The van der Waals surface area contributed by atoms with E-state index in [0.29, 0.717) is 50.9 Å². The van der Waals surface area contributed by atoms with Crippen molar-refractivity contribution in [3.63, 3.8) is 0 Å². The molecule has 6 rings (SSSR count). The minimum atomic E-state index is -0.429. The molecule has 4 aromatic heterocycles. The van der Waals surface area contributed by atoms with Crippen LogP contribution in [0.15, 0.2) is 72.5 Å². The van der Waals surface area contributed by atoms with Gasteiger partial charge >= 0.3 is 0 Å². The van der Waals surface area contributed by atoms with E-state index in [9.17, 15) is 4.91 Å². The third-order valence-electron chi connectivity index (χ3n) is 6.63. The van der Waals surface area contributed by atoms with Gasteiger partial charge in [-0.1, -0.05) is 0 Å². The minimum absolute atomic E-state index is 0.0996. The van der Waals surface area contributed by atoms with Crippen molar-refractivity contribution >= 4 is 50.8 Å². The number of pyridine rings is 2. The standard InChI is InChI=1S/C15H13ClN4O2.C15H12ClN3O2.C4H9NO2/c1-21-9-3-8(4-10(5-9)22-2)12-6-11-13(7-18-12)19-15(16)20-14(11)17;1-20-11-3-9(4-12(6-11)21-2)13-5-10-7-18-15(16)19-14(10)8-17-13;1-4(2,3)7-5-6/h3-7H,1-2H3,(H2,17,19,20);3-8H,1-2H3;1-3H3. The first-order valence-corrected chi connectivity index (χ1v) is 15.5. The second-order valence-corrected chi connectivity index (χ2v) is 11.9. The van der Waals surface area contributed by atoms with Crippen molar-refractivity contribution < 1.29 is 23.8 Å². The van der Waals surface area contributed by atoms with Crippen molar-refractivity contribution in [3.05, 3.63) is 82.6 Å². The molecule has 50 heavy (non-hydrogen) atoms. The minimum Gasteiger partial charge on any atom is -0.497 e. The monoisotopic (exact) mass is 720 g/mol. The van der Waals surface area contributed by atoms with Crippen LogP contribution in [0.3, 0.4) is 0 Å². The number of nitrogen functional groups attached to an aromatic ring is 1. The Balaban J connectivity index is 0.000000190. The summed E-state index contributed by atoms with van der Waals surface area (Å²) in [6.07, 6.45) is 4.96. The molecule has 16 heteroatoms. The van der Waals surface area contributed by atoms with Gasteiger partial charge in [0, 0.05) is 40.2 Å². The number of hydrogen-bond donors (Lipinski definition) is 1. The molecule has 2 N–H and O–H groups in total. The molecule has 14 nitrogen and oxygen atoms in total. The van der Waals surface area contributed by atoms with Crippen LogP contribution in [0.5, 0.6) is 23.0 Å². The number of nitrogens with two attached hydrogens (primary N) is 1. The fraction of sp³-hybridized carbons (Fsp3) is 0.235. The topological polar surface area (TPSA) is 179 Å². The molecule has 0 spiro atoms. The predicted molar refractivity (Wildman–Crippen MR) is 193 cm³/mol. The van der Waals surface area contributed by atoms with E-state index in [4.69, 9.17) is 47.9 Å². The van der Waals surface area contributed by atoms with E-state index >= 15 is 0 Å². The van der Waals surface area contributed by atoms with Gasteiger partial charge in [-0.3, -0.25) is 9.97 Å². The summed E-state index contributed by atoms with van der Waals surface area (Å²) in [6, 6.07) is 14.8. The molecule has 0 aliphatic heterocycles.